The average Bonchev–Trinajstić information content (AvgIpc) is 2.99. The van der Waals surface area contributed by atoms with E-state index >= 15 is 0 Å². The van der Waals surface area contributed by atoms with Crippen molar-refractivity contribution in [3.63, 3.8) is 0 Å². The van der Waals surface area contributed by atoms with Gasteiger partial charge in [0, 0.05) is 31.3 Å². The summed E-state index contributed by atoms with van der Waals surface area (Å²) < 4.78 is 10.8. The van der Waals surface area contributed by atoms with Gasteiger partial charge in [0.05, 0.1) is 12.7 Å². The van der Waals surface area contributed by atoms with Crippen molar-refractivity contribution in [2.75, 3.05) is 13.1 Å². The van der Waals surface area contributed by atoms with Crippen molar-refractivity contribution in [2.24, 2.45) is 11.3 Å². The molecular weight excluding hydrogens is 346 g/mol. The molecular formula is C20H23N3O4. The molecule has 7 nitrogen and oxygen atoms in total. The van der Waals surface area contributed by atoms with E-state index in [4.69, 9.17) is 9.15 Å². The number of ether oxygens (including phenoxy) is 1. The Balaban J connectivity index is 1.24. The van der Waals surface area contributed by atoms with Gasteiger partial charge in [0.25, 0.3) is 0 Å². The highest BCUT2D eigenvalue weighted by molar-refractivity contribution is 5.83. The summed E-state index contributed by atoms with van der Waals surface area (Å²) in [5.74, 6) is 1.20. The van der Waals surface area contributed by atoms with Crippen LogP contribution in [-0.4, -0.2) is 35.0 Å². The van der Waals surface area contributed by atoms with E-state index in [2.05, 4.69) is 10.3 Å². The lowest BCUT2D eigenvalue weighted by atomic mass is 10.0. The number of hydrogen-bond donors (Lipinski definition) is 1. The monoisotopic (exact) mass is 369 g/mol. The van der Waals surface area contributed by atoms with Gasteiger partial charge in [-0.05, 0) is 18.4 Å². The van der Waals surface area contributed by atoms with Gasteiger partial charge in [-0.25, -0.2) is 9.78 Å². The van der Waals surface area contributed by atoms with Crippen LogP contribution < -0.4 is 5.32 Å². The molecule has 1 aliphatic carbocycles. The summed E-state index contributed by atoms with van der Waals surface area (Å²) in [4.78, 5) is 30.5. The minimum atomic E-state index is -0.307. The normalized spacial score (nSPS) is 23.4. The van der Waals surface area contributed by atoms with Gasteiger partial charge < -0.3 is 19.4 Å². The van der Waals surface area contributed by atoms with Crippen molar-refractivity contribution in [3.8, 4) is 0 Å². The number of nitrogens with one attached hydrogen (secondary N) is 1. The molecule has 1 saturated carbocycles. The number of carbonyl (C=O) groups excluding carboxylic acids is 2. The van der Waals surface area contributed by atoms with Crippen LogP contribution in [0.5, 0.6) is 0 Å². The number of nitrogens with zero attached hydrogens (tertiary/aromatic N) is 2. The Hall–Kier alpha value is -2.83. The second-order valence-corrected chi connectivity index (χ2v) is 7.39. The first-order valence-electron chi connectivity index (χ1n) is 9.20. The van der Waals surface area contributed by atoms with Crippen molar-refractivity contribution in [2.45, 2.75) is 32.9 Å². The number of benzene rings is 1. The fourth-order valence-electron chi connectivity index (χ4n) is 3.82. The standard InChI is InChI=1S/C20H23N3O4/c1-14-21-10-16(27-14)11-22-18(24)17-9-20(17)7-8-23(13-20)19(25)26-12-15-5-3-2-4-6-15/h2-6,10,17H,7-9,11-13H2,1H3,(H,22,24). The molecule has 0 bridgehead atoms. The molecule has 1 aromatic heterocycles. The molecule has 2 atom stereocenters. The lowest BCUT2D eigenvalue weighted by Gasteiger charge is -2.16. The number of rotatable bonds is 5. The van der Waals surface area contributed by atoms with Crippen molar-refractivity contribution in [3.05, 3.63) is 53.7 Å². The van der Waals surface area contributed by atoms with E-state index in [9.17, 15) is 9.59 Å². The Morgan fingerprint density at radius 2 is 2.19 bits per heavy atom. The summed E-state index contributed by atoms with van der Waals surface area (Å²) in [6.45, 7) is 3.60. The summed E-state index contributed by atoms with van der Waals surface area (Å²) in [7, 11) is 0. The van der Waals surface area contributed by atoms with E-state index in [0.29, 0.717) is 31.3 Å². The predicted octanol–water partition coefficient (Wildman–Crippen LogP) is 2.65. The lowest BCUT2D eigenvalue weighted by Crippen LogP contribution is -2.31. The fraction of sp³-hybridized carbons (Fsp3) is 0.450. The van der Waals surface area contributed by atoms with Gasteiger partial charge in [0.15, 0.2) is 5.89 Å². The minimum absolute atomic E-state index is 0.0172. The largest absolute Gasteiger partial charge is 0.445 e. The van der Waals surface area contributed by atoms with E-state index in [-0.39, 0.29) is 29.9 Å². The molecule has 27 heavy (non-hydrogen) atoms. The number of amides is 2. The van der Waals surface area contributed by atoms with Crippen molar-refractivity contribution >= 4 is 12.0 Å². The number of aromatic nitrogens is 1. The topological polar surface area (TPSA) is 84.7 Å². The number of hydrogen-bond acceptors (Lipinski definition) is 5. The highest BCUT2D eigenvalue weighted by atomic mass is 16.6. The van der Waals surface area contributed by atoms with Crippen LogP contribution in [0.25, 0.3) is 0 Å². The fourth-order valence-corrected chi connectivity index (χ4v) is 3.82. The molecule has 2 heterocycles. The minimum Gasteiger partial charge on any atom is -0.445 e. The lowest BCUT2D eigenvalue weighted by molar-refractivity contribution is -0.123. The summed E-state index contributed by atoms with van der Waals surface area (Å²) in [6.07, 6.45) is 2.97. The van der Waals surface area contributed by atoms with Crippen LogP contribution in [0.15, 0.2) is 40.9 Å². The third-order valence-corrected chi connectivity index (χ3v) is 5.46. The summed E-state index contributed by atoms with van der Waals surface area (Å²) in [5.41, 5.74) is 0.874. The van der Waals surface area contributed by atoms with Crippen LogP contribution in [-0.2, 0) is 22.7 Å². The molecule has 1 saturated heterocycles. The van der Waals surface area contributed by atoms with Gasteiger partial charge in [0.1, 0.15) is 12.4 Å². The van der Waals surface area contributed by atoms with Crippen LogP contribution in [0.2, 0.25) is 0 Å². The van der Waals surface area contributed by atoms with Crippen LogP contribution >= 0.6 is 0 Å². The Kier molecular flexibility index (Phi) is 4.59. The zero-order valence-corrected chi connectivity index (χ0v) is 15.3. The molecule has 2 fully saturated rings. The molecule has 0 radical (unpaired) electrons. The first kappa shape index (κ1) is 17.6. The van der Waals surface area contributed by atoms with Crippen molar-refractivity contribution < 1.29 is 18.7 Å². The van der Waals surface area contributed by atoms with Crippen molar-refractivity contribution in [1.82, 2.24) is 15.2 Å². The Morgan fingerprint density at radius 3 is 2.93 bits per heavy atom. The Morgan fingerprint density at radius 1 is 1.37 bits per heavy atom. The predicted molar refractivity (Wildman–Crippen MR) is 96.4 cm³/mol. The maximum absolute atomic E-state index is 12.4. The summed E-state index contributed by atoms with van der Waals surface area (Å²) >= 11 is 0. The van der Waals surface area contributed by atoms with Gasteiger partial charge in [0.2, 0.25) is 5.91 Å². The van der Waals surface area contributed by atoms with Crippen LogP contribution in [0, 0.1) is 18.3 Å². The third-order valence-electron chi connectivity index (χ3n) is 5.46. The molecule has 2 aliphatic rings. The molecule has 2 unspecified atom stereocenters. The highest BCUT2D eigenvalue weighted by Gasteiger charge is 2.61. The molecule has 1 aliphatic heterocycles. The quantitative estimate of drug-likeness (QED) is 0.876. The first-order valence-corrected chi connectivity index (χ1v) is 9.20. The van der Waals surface area contributed by atoms with E-state index in [0.717, 1.165) is 18.4 Å². The second-order valence-electron chi connectivity index (χ2n) is 7.39. The number of aryl methyl sites for hydroxylation is 1. The smallest absolute Gasteiger partial charge is 0.410 e. The Bertz CT molecular complexity index is 835. The molecule has 2 aromatic rings. The Labute approximate surface area is 157 Å². The van der Waals surface area contributed by atoms with Gasteiger partial charge >= 0.3 is 6.09 Å². The number of oxazole rings is 1. The molecule has 2 amide bonds. The van der Waals surface area contributed by atoms with E-state index in [1.807, 2.05) is 30.3 Å². The molecule has 4 rings (SSSR count). The molecule has 142 valence electrons. The van der Waals surface area contributed by atoms with E-state index < -0.39 is 0 Å². The summed E-state index contributed by atoms with van der Waals surface area (Å²) in [5, 5.41) is 2.91. The van der Waals surface area contributed by atoms with Crippen LogP contribution in [0.1, 0.15) is 30.1 Å². The van der Waals surface area contributed by atoms with Gasteiger partial charge in [-0.3, -0.25) is 4.79 Å². The van der Waals surface area contributed by atoms with Crippen LogP contribution in [0.4, 0.5) is 4.79 Å². The van der Waals surface area contributed by atoms with Crippen LogP contribution in [0.3, 0.4) is 0 Å². The maximum atomic E-state index is 12.4. The molecule has 7 heteroatoms. The van der Waals surface area contributed by atoms with E-state index in [1.54, 1.807) is 18.0 Å². The van der Waals surface area contributed by atoms with E-state index in [1.165, 1.54) is 0 Å². The van der Waals surface area contributed by atoms with Gasteiger partial charge in [-0.1, -0.05) is 30.3 Å². The second kappa shape index (κ2) is 7.06. The number of carbonyl (C=O) groups is 2. The summed E-state index contributed by atoms with van der Waals surface area (Å²) in [6, 6.07) is 9.62. The number of likely N-dealkylation sites (tertiary alicyclic amines) is 1. The average molecular weight is 369 g/mol. The molecule has 1 spiro atoms. The maximum Gasteiger partial charge on any atom is 0.410 e. The zero-order chi connectivity index (χ0) is 18.9. The zero-order valence-electron chi connectivity index (χ0n) is 15.3. The SMILES string of the molecule is Cc1ncc(CNC(=O)C2CC23CCN(C(=O)OCc2ccccc2)C3)o1. The van der Waals surface area contributed by atoms with Crippen molar-refractivity contribution in [1.29, 1.82) is 0 Å². The first-order chi connectivity index (χ1) is 13.1. The molecule has 1 N–H and O–H groups in total. The van der Waals surface area contributed by atoms with Gasteiger partial charge in [-0.15, -0.1) is 0 Å². The van der Waals surface area contributed by atoms with Gasteiger partial charge in [-0.2, -0.15) is 0 Å². The molecule has 1 aromatic carbocycles. The third kappa shape index (κ3) is 3.82. The highest BCUT2D eigenvalue weighted by Crippen LogP contribution is 2.58.